The Morgan fingerprint density at radius 1 is 1.15 bits per heavy atom. The van der Waals surface area contributed by atoms with E-state index >= 15 is 0 Å². The van der Waals surface area contributed by atoms with Gasteiger partial charge < -0.3 is 14.4 Å². The van der Waals surface area contributed by atoms with Gasteiger partial charge in [0.15, 0.2) is 11.5 Å². The van der Waals surface area contributed by atoms with Gasteiger partial charge in [-0.15, -0.1) is 11.3 Å². The van der Waals surface area contributed by atoms with Crippen LogP contribution in [-0.4, -0.2) is 60.1 Å². The molecule has 0 radical (unpaired) electrons. The molecule has 1 aromatic heterocycles. The number of nitrogens with zero attached hydrogens (tertiary/aromatic N) is 3. The third kappa shape index (κ3) is 5.66. The molecular formula is C25H28ClN3O3S. The molecule has 3 aromatic rings. The molecule has 4 rings (SSSR count). The van der Waals surface area contributed by atoms with Crippen LogP contribution in [0, 0.1) is 0 Å². The molecule has 2 heterocycles. The minimum Gasteiger partial charge on any atom is -0.493 e. The van der Waals surface area contributed by atoms with Gasteiger partial charge in [0.25, 0.3) is 5.91 Å². The van der Waals surface area contributed by atoms with E-state index < -0.39 is 0 Å². The number of ether oxygens (including phenoxy) is 2. The van der Waals surface area contributed by atoms with Gasteiger partial charge >= 0.3 is 0 Å². The SMILES string of the molecule is COc1cc(C(=O)N2CCN(Cc3csc(-c4ccccc4)n3)CC2)cc(Cl)c1OC(C)C. The molecule has 8 heteroatoms. The van der Waals surface area contributed by atoms with Crippen LogP contribution >= 0.6 is 22.9 Å². The first kappa shape index (κ1) is 23.5. The molecule has 0 aliphatic carbocycles. The molecule has 1 saturated heterocycles. The van der Waals surface area contributed by atoms with Crippen LogP contribution in [0.1, 0.15) is 29.9 Å². The van der Waals surface area contributed by atoms with Crippen molar-refractivity contribution in [2.45, 2.75) is 26.5 Å². The Labute approximate surface area is 203 Å². The predicted octanol–water partition coefficient (Wildman–Crippen LogP) is 5.22. The molecule has 1 fully saturated rings. The number of piperazine rings is 1. The van der Waals surface area contributed by atoms with E-state index in [1.54, 1.807) is 30.6 Å². The van der Waals surface area contributed by atoms with Gasteiger partial charge in [-0.25, -0.2) is 4.98 Å². The molecule has 0 N–H and O–H groups in total. The van der Waals surface area contributed by atoms with E-state index in [1.165, 1.54) is 0 Å². The number of halogens is 1. The largest absolute Gasteiger partial charge is 0.493 e. The Morgan fingerprint density at radius 2 is 1.88 bits per heavy atom. The number of hydrogen-bond acceptors (Lipinski definition) is 6. The minimum atomic E-state index is -0.0500. The van der Waals surface area contributed by atoms with Crippen molar-refractivity contribution in [1.29, 1.82) is 0 Å². The molecular weight excluding hydrogens is 458 g/mol. The van der Waals surface area contributed by atoms with Gasteiger partial charge in [-0.3, -0.25) is 9.69 Å². The highest BCUT2D eigenvalue weighted by Crippen LogP contribution is 2.37. The molecule has 0 saturated carbocycles. The zero-order valence-corrected chi connectivity index (χ0v) is 20.7. The number of rotatable bonds is 7. The number of benzene rings is 2. The number of aromatic nitrogens is 1. The molecule has 174 valence electrons. The van der Waals surface area contributed by atoms with E-state index in [9.17, 15) is 4.79 Å². The van der Waals surface area contributed by atoms with Gasteiger partial charge in [0.1, 0.15) is 5.01 Å². The van der Waals surface area contributed by atoms with Gasteiger partial charge in [0.05, 0.1) is 23.9 Å². The molecule has 1 aliphatic rings. The van der Waals surface area contributed by atoms with Crippen molar-refractivity contribution >= 4 is 28.8 Å². The summed E-state index contributed by atoms with van der Waals surface area (Å²) in [6.45, 7) is 7.52. The number of thiazole rings is 1. The summed E-state index contributed by atoms with van der Waals surface area (Å²) in [6.07, 6.45) is -0.0486. The first-order valence-electron chi connectivity index (χ1n) is 11.0. The fraction of sp³-hybridized carbons (Fsp3) is 0.360. The summed E-state index contributed by atoms with van der Waals surface area (Å²) in [5.41, 5.74) is 2.72. The summed E-state index contributed by atoms with van der Waals surface area (Å²) < 4.78 is 11.2. The number of carbonyl (C=O) groups is 1. The Kier molecular flexibility index (Phi) is 7.53. The van der Waals surface area contributed by atoms with Gasteiger partial charge in [0.2, 0.25) is 0 Å². The van der Waals surface area contributed by atoms with Crippen LogP contribution < -0.4 is 9.47 Å². The number of methoxy groups -OCH3 is 1. The summed E-state index contributed by atoms with van der Waals surface area (Å²) in [5.74, 6) is 0.885. The fourth-order valence-electron chi connectivity index (χ4n) is 3.81. The zero-order valence-electron chi connectivity index (χ0n) is 19.1. The maximum absolute atomic E-state index is 13.1. The third-order valence-corrected chi connectivity index (χ3v) is 6.67. The van der Waals surface area contributed by atoms with E-state index in [2.05, 4.69) is 22.4 Å². The molecule has 6 nitrogen and oxygen atoms in total. The van der Waals surface area contributed by atoms with Gasteiger partial charge in [-0.2, -0.15) is 0 Å². The Bertz CT molecular complexity index is 1100. The van der Waals surface area contributed by atoms with E-state index in [-0.39, 0.29) is 12.0 Å². The highest BCUT2D eigenvalue weighted by atomic mass is 35.5. The second-order valence-corrected chi connectivity index (χ2v) is 9.50. The van der Waals surface area contributed by atoms with Gasteiger partial charge in [-0.05, 0) is 26.0 Å². The molecule has 1 aliphatic heterocycles. The summed E-state index contributed by atoms with van der Waals surface area (Å²) in [6, 6.07) is 13.6. The summed E-state index contributed by atoms with van der Waals surface area (Å²) >= 11 is 8.08. The van der Waals surface area contributed by atoms with Crippen molar-refractivity contribution in [2.75, 3.05) is 33.3 Å². The highest BCUT2D eigenvalue weighted by molar-refractivity contribution is 7.13. The van der Waals surface area contributed by atoms with Crippen molar-refractivity contribution < 1.29 is 14.3 Å². The van der Waals surface area contributed by atoms with Crippen LogP contribution in [0.15, 0.2) is 47.8 Å². The van der Waals surface area contributed by atoms with E-state index in [0.717, 1.165) is 35.9 Å². The maximum atomic E-state index is 13.1. The van der Waals surface area contributed by atoms with Crippen LogP contribution in [0.5, 0.6) is 11.5 Å². The molecule has 0 atom stereocenters. The summed E-state index contributed by atoms with van der Waals surface area (Å²) in [5, 5.41) is 3.53. The van der Waals surface area contributed by atoms with Crippen LogP contribution in [0.25, 0.3) is 10.6 Å². The molecule has 0 bridgehead atoms. The van der Waals surface area contributed by atoms with Crippen molar-refractivity contribution in [3.8, 4) is 22.1 Å². The van der Waals surface area contributed by atoms with Crippen molar-refractivity contribution in [3.63, 3.8) is 0 Å². The molecule has 0 spiro atoms. The lowest BCUT2D eigenvalue weighted by atomic mass is 10.1. The van der Waals surface area contributed by atoms with Crippen LogP contribution in [0.3, 0.4) is 0 Å². The predicted molar refractivity (Wildman–Crippen MR) is 132 cm³/mol. The normalized spacial score (nSPS) is 14.5. The summed E-state index contributed by atoms with van der Waals surface area (Å²) in [7, 11) is 1.55. The van der Waals surface area contributed by atoms with E-state index in [1.807, 2.05) is 36.9 Å². The van der Waals surface area contributed by atoms with Gasteiger partial charge in [0, 0.05) is 49.2 Å². The maximum Gasteiger partial charge on any atom is 0.254 e. The Morgan fingerprint density at radius 3 is 2.55 bits per heavy atom. The molecule has 1 amide bonds. The zero-order chi connectivity index (χ0) is 23.4. The fourth-order valence-corrected chi connectivity index (χ4v) is 4.88. The number of carbonyl (C=O) groups excluding carboxylic acids is 1. The van der Waals surface area contributed by atoms with Crippen molar-refractivity contribution in [3.05, 3.63) is 64.1 Å². The molecule has 0 unspecified atom stereocenters. The lowest BCUT2D eigenvalue weighted by Gasteiger charge is -2.34. The first-order chi connectivity index (χ1) is 15.9. The average molecular weight is 486 g/mol. The third-order valence-electron chi connectivity index (χ3n) is 5.45. The monoisotopic (exact) mass is 485 g/mol. The average Bonchev–Trinajstić information content (AvgIpc) is 3.29. The van der Waals surface area contributed by atoms with Crippen LogP contribution in [-0.2, 0) is 6.54 Å². The highest BCUT2D eigenvalue weighted by Gasteiger charge is 2.25. The topological polar surface area (TPSA) is 54.9 Å². The van der Waals surface area contributed by atoms with E-state index in [4.69, 9.17) is 26.1 Å². The van der Waals surface area contributed by atoms with Crippen molar-refractivity contribution in [2.24, 2.45) is 0 Å². The van der Waals surface area contributed by atoms with Gasteiger partial charge in [-0.1, -0.05) is 41.9 Å². The van der Waals surface area contributed by atoms with Crippen LogP contribution in [0.2, 0.25) is 5.02 Å². The first-order valence-corrected chi connectivity index (χ1v) is 12.3. The lowest BCUT2D eigenvalue weighted by molar-refractivity contribution is 0.0627. The minimum absolute atomic E-state index is 0.0486. The van der Waals surface area contributed by atoms with Crippen molar-refractivity contribution in [1.82, 2.24) is 14.8 Å². The van der Waals surface area contributed by atoms with E-state index in [0.29, 0.717) is 35.2 Å². The smallest absolute Gasteiger partial charge is 0.254 e. The number of amides is 1. The lowest BCUT2D eigenvalue weighted by Crippen LogP contribution is -2.48. The number of hydrogen-bond donors (Lipinski definition) is 0. The molecule has 2 aromatic carbocycles. The standard InChI is InChI=1S/C25H28ClN3O3S/c1-17(2)32-23-21(26)13-19(14-22(23)31-3)25(30)29-11-9-28(10-12-29)15-20-16-33-24(27-20)18-7-5-4-6-8-18/h4-8,13-14,16-17H,9-12,15H2,1-3H3. The Balaban J connectivity index is 1.37. The molecule has 33 heavy (non-hydrogen) atoms. The quantitative estimate of drug-likeness (QED) is 0.459. The summed E-state index contributed by atoms with van der Waals surface area (Å²) in [4.78, 5) is 22.1. The Hall–Kier alpha value is -2.61. The van der Waals surface area contributed by atoms with Crippen LogP contribution in [0.4, 0.5) is 0 Å². The second-order valence-electron chi connectivity index (χ2n) is 8.23. The second kappa shape index (κ2) is 10.5.